The molecule has 12 nitrogen and oxygen atoms in total. The molecular weight excluding hydrogens is 904 g/mol. The van der Waals surface area contributed by atoms with Gasteiger partial charge in [-0.15, -0.1) is 0 Å². The maximum absolute atomic E-state index is 11.9. The molecule has 2 amide bonds. The van der Waals surface area contributed by atoms with Crippen molar-refractivity contribution in [2.75, 3.05) is 6.61 Å². The number of carbonyl (C=O) groups excluding carboxylic acids is 3. The number of hydrogen-bond acceptors (Lipinski definition) is 9. The van der Waals surface area contributed by atoms with Gasteiger partial charge in [-0.25, -0.2) is 4.79 Å². The Morgan fingerprint density at radius 2 is 0.885 bits per heavy atom. The van der Waals surface area contributed by atoms with Gasteiger partial charge in [0.05, 0.1) is 31.4 Å². The maximum atomic E-state index is 11.9. The summed E-state index contributed by atoms with van der Waals surface area (Å²) in [6.07, 6.45) is 11.1. The molecule has 0 atom stereocenters. The van der Waals surface area contributed by atoms with E-state index in [2.05, 4.69) is 57.4 Å². The van der Waals surface area contributed by atoms with Crippen molar-refractivity contribution in [3.63, 3.8) is 0 Å². The Hall–Kier alpha value is -6.09. The number of ether oxygens (including phenoxy) is 1. The molecule has 0 aliphatic heterocycles. The molecule has 3 aromatic heterocycles. The monoisotopic (exact) mass is 956 g/mol. The van der Waals surface area contributed by atoms with Gasteiger partial charge in [0.2, 0.25) is 11.8 Å². The molecule has 5 N–H and O–H groups in total. The summed E-state index contributed by atoms with van der Waals surface area (Å²) in [7, 11) is 0. The standard InChI is InChI=1S/C17H18N2O3.C14H13BrN2O.C8H7BrO2.C6H8N2.2CH4/c1-2-22-17(21)15-5-3-13(4-6-15)11-16(20)19-12-14-7-9-18-10-8-14;15-13-3-1-11(2-4-13)9-14(18)17-10-12-5-7-16-8-6-12;9-7-3-1-6(2-4-7)5-8(10)11;7-5-6-1-3-8-4-2-6;;/h3-10H,2,11-12H2,1H3,(H,19,20);1-8H,9-10H2,(H,17,18);1-4H,5H2,(H,10,11);1-4H,5,7H2;2*1H4. The van der Waals surface area contributed by atoms with Crippen molar-refractivity contribution in [2.45, 2.75) is 60.7 Å². The van der Waals surface area contributed by atoms with E-state index >= 15 is 0 Å². The third-order valence-electron chi connectivity index (χ3n) is 7.84. The summed E-state index contributed by atoms with van der Waals surface area (Å²) in [5.74, 6) is -1.20. The van der Waals surface area contributed by atoms with Gasteiger partial charge < -0.3 is 26.2 Å². The van der Waals surface area contributed by atoms with Gasteiger partial charge in [0.1, 0.15) is 0 Å². The van der Waals surface area contributed by atoms with Crippen LogP contribution in [0.25, 0.3) is 0 Å². The van der Waals surface area contributed by atoms with Crippen LogP contribution >= 0.6 is 31.9 Å². The van der Waals surface area contributed by atoms with Gasteiger partial charge in [-0.3, -0.25) is 29.3 Å². The summed E-state index contributed by atoms with van der Waals surface area (Å²) in [6.45, 7) is 3.72. The molecule has 0 radical (unpaired) electrons. The number of carbonyl (C=O) groups is 4. The van der Waals surface area contributed by atoms with E-state index in [1.807, 2.05) is 72.8 Å². The second-order valence-corrected chi connectivity index (χ2v) is 14.2. The molecule has 0 saturated carbocycles. The van der Waals surface area contributed by atoms with Crippen LogP contribution in [-0.2, 0) is 58.0 Å². The predicted molar refractivity (Wildman–Crippen MR) is 247 cm³/mol. The maximum Gasteiger partial charge on any atom is 0.338 e. The van der Waals surface area contributed by atoms with Crippen molar-refractivity contribution in [3.05, 3.63) is 194 Å². The van der Waals surface area contributed by atoms with Crippen molar-refractivity contribution in [1.82, 2.24) is 25.6 Å². The number of amides is 2. The molecule has 0 saturated heterocycles. The van der Waals surface area contributed by atoms with E-state index in [4.69, 9.17) is 15.6 Å². The minimum Gasteiger partial charge on any atom is -0.481 e. The van der Waals surface area contributed by atoms with Crippen molar-refractivity contribution in [2.24, 2.45) is 5.73 Å². The lowest BCUT2D eigenvalue weighted by molar-refractivity contribution is -0.136. The fraction of sp³-hybridized carbons (Fsp3) is 0.213. The van der Waals surface area contributed by atoms with Crippen molar-refractivity contribution in [1.29, 1.82) is 0 Å². The van der Waals surface area contributed by atoms with E-state index in [0.717, 1.165) is 42.3 Å². The lowest BCUT2D eigenvalue weighted by Gasteiger charge is -2.06. The number of carboxylic acids is 1. The average Bonchev–Trinajstić information content (AvgIpc) is 3.26. The molecule has 322 valence electrons. The Balaban J connectivity index is 0.000000428. The van der Waals surface area contributed by atoms with E-state index in [-0.39, 0.29) is 45.5 Å². The summed E-state index contributed by atoms with van der Waals surface area (Å²) in [6, 6.07) is 33.2. The number of pyridine rings is 3. The van der Waals surface area contributed by atoms with Gasteiger partial charge in [-0.2, -0.15) is 0 Å². The number of esters is 1. The van der Waals surface area contributed by atoms with E-state index in [9.17, 15) is 19.2 Å². The van der Waals surface area contributed by atoms with Gasteiger partial charge in [0.25, 0.3) is 0 Å². The molecule has 3 aromatic carbocycles. The molecule has 6 rings (SSSR count). The van der Waals surface area contributed by atoms with Crippen molar-refractivity contribution >= 4 is 55.6 Å². The second kappa shape index (κ2) is 30.9. The number of carboxylic acid groups (broad SMARTS) is 1. The van der Waals surface area contributed by atoms with Gasteiger partial charge in [-0.05, 0) is 113 Å². The van der Waals surface area contributed by atoms with Crippen LogP contribution in [0.15, 0.2) is 155 Å². The number of hydrogen-bond donors (Lipinski definition) is 4. The molecule has 0 fully saturated rings. The van der Waals surface area contributed by atoms with E-state index in [1.165, 1.54) is 0 Å². The summed E-state index contributed by atoms with van der Waals surface area (Å²) in [5, 5.41) is 14.2. The van der Waals surface area contributed by atoms with Gasteiger partial charge in [0, 0.05) is 65.8 Å². The number of rotatable bonds is 13. The first-order valence-electron chi connectivity index (χ1n) is 18.4. The van der Waals surface area contributed by atoms with Crippen LogP contribution in [0.2, 0.25) is 0 Å². The zero-order valence-corrected chi connectivity index (χ0v) is 35.6. The third kappa shape index (κ3) is 23.3. The molecule has 0 unspecified atom stereocenters. The van der Waals surface area contributed by atoms with Crippen LogP contribution in [0, 0.1) is 0 Å². The average molecular weight is 959 g/mol. The molecule has 3 heterocycles. The molecule has 0 aliphatic carbocycles. The van der Waals surface area contributed by atoms with E-state index in [0.29, 0.717) is 38.2 Å². The van der Waals surface area contributed by atoms with Gasteiger partial charge in [0.15, 0.2) is 0 Å². The largest absolute Gasteiger partial charge is 0.481 e. The third-order valence-corrected chi connectivity index (χ3v) is 8.90. The number of halogens is 2. The van der Waals surface area contributed by atoms with Crippen molar-refractivity contribution in [3.8, 4) is 0 Å². The van der Waals surface area contributed by atoms with Crippen LogP contribution in [0.1, 0.15) is 65.5 Å². The molecule has 61 heavy (non-hydrogen) atoms. The van der Waals surface area contributed by atoms with Crippen LogP contribution in [0.3, 0.4) is 0 Å². The zero-order chi connectivity index (χ0) is 42.7. The Labute approximate surface area is 375 Å². The molecular formula is C47H54Br2N6O6. The highest BCUT2D eigenvalue weighted by Gasteiger charge is 2.08. The Morgan fingerprint density at radius 3 is 1.21 bits per heavy atom. The summed E-state index contributed by atoms with van der Waals surface area (Å²) >= 11 is 6.63. The molecule has 6 aromatic rings. The topological polar surface area (TPSA) is 186 Å². The Morgan fingerprint density at radius 1 is 0.541 bits per heavy atom. The highest BCUT2D eigenvalue weighted by atomic mass is 79.9. The molecule has 0 bridgehead atoms. The summed E-state index contributed by atoms with van der Waals surface area (Å²) in [5.41, 5.74) is 11.7. The fourth-order valence-corrected chi connectivity index (χ4v) is 5.30. The highest BCUT2D eigenvalue weighted by molar-refractivity contribution is 9.10. The van der Waals surface area contributed by atoms with E-state index in [1.54, 1.807) is 80.5 Å². The van der Waals surface area contributed by atoms with Crippen LogP contribution < -0.4 is 16.4 Å². The lowest BCUT2D eigenvalue weighted by Crippen LogP contribution is -2.24. The zero-order valence-electron chi connectivity index (χ0n) is 32.5. The van der Waals surface area contributed by atoms with Gasteiger partial charge >= 0.3 is 11.9 Å². The predicted octanol–water partition coefficient (Wildman–Crippen LogP) is 8.71. The first-order chi connectivity index (χ1) is 28.5. The number of aromatic nitrogens is 3. The summed E-state index contributed by atoms with van der Waals surface area (Å²) in [4.78, 5) is 57.1. The minimum atomic E-state index is -0.799. The molecule has 0 aliphatic rings. The number of benzene rings is 3. The van der Waals surface area contributed by atoms with Crippen LogP contribution in [-0.4, -0.2) is 50.4 Å². The number of aliphatic carboxylic acids is 1. The number of nitrogens with one attached hydrogen (secondary N) is 2. The number of nitrogens with zero attached hydrogens (tertiary/aromatic N) is 3. The second-order valence-electron chi connectivity index (χ2n) is 12.4. The minimum absolute atomic E-state index is 0. The molecule has 0 spiro atoms. The summed E-state index contributed by atoms with van der Waals surface area (Å²) < 4.78 is 6.89. The number of nitrogens with two attached hydrogens (primary N) is 1. The Bertz CT molecular complexity index is 2130. The molecule has 14 heteroatoms. The first-order valence-corrected chi connectivity index (χ1v) is 20.0. The normalized spacial score (nSPS) is 9.51. The smallest absolute Gasteiger partial charge is 0.338 e. The van der Waals surface area contributed by atoms with Crippen LogP contribution in [0.4, 0.5) is 0 Å². The Kier molecular flexibility index (Phi) is 26.8. The highest BCUT2D eigenvalue weighted by Crippen LogP contribution is 2.12. The van der Waals surface area contributed by atoms with E-state index < -0.39 is 5.97 Å². The fourth-order valence-electron chi connectivity index (χ4n) is 4.77. The SMILES string of the molecule is C.C.CCOC(=O)c1ccc(CC(=O)NCc2ccncc2)cc1.NCc1ccncc1.O=C(Cc1ccc(Br)cc1)NCc1ccncc1.O=C(O)Cc1ccc(Br)cc1. The first kappa shape index (κ1) is 52.9. The van der Waals surface area contributed by atoms with Crippen LogP contribution in [0.5, 0.6) is 0 Å². The quantitative estimate of drug-likeness (QED) is 0.0816. The van der Waals surface area contributed by atoms with Gasteiger partial charge in [-0.1, -0.05) is 83.1 Å². The lowest BCUT2D eigenvalue weighted by atomic mass is 10.1. The van der Waals surface area contributed by atoms with Crippen molar-refractivity contribution < 1.29 is 29.0 Å².